The summed E-state index contributed by atoms with van der Waals surface area (Å²) in [4.78, 5) is 12.4. The van der Waals surface area contributed by atoms with E-state index in [9.17, 15) is 4.79 Å². The number of para-hydroxylation sites is 3. The van der Waals surface area contributed by atoms with Gasteiger partial charge in [0.1, 0.15) is 11.9 Å². The standard InChI is InChI=1S/C18H19ClN2O3/c19-13-5-1-3-7-15(13)24-16-8-4-2-6-14(16)21-18(22)17-10-9-12(11-20)23-17/h1-8,12,17H,9-11,20H2,(H,21,22)/t12-,17+/m1/s1. The number of carbonyl (C=O) groups excluding carboxylic acids is 1. The quantitative estimate of drug-likeness (QED) is 0.867. The Labute approximate surface area is 145 Å². The number of carbonyl (C=O) groups is 1. The van der Waals surface area contributed by atoms with Crippen LogP contribution in [0, 0.1) is 0 Å². The summed E-state index contributed by atoms with van der Waals surface area (Å²) in [5.74, 6) is 0.856. The van der Waals surface area contributed by atoms with Crippen LogP contribution in [0.3, 0.4) is 0 Å². The molecule has 0 unspecified atom stereocenters. The third kappa shape index (κ3) is 3.87. The highest BCUT2D eigenvalue weighted by molar-refractivity contribution is 6.32. The van der Waals surface area contributed by atoms with E-state index >= 15 is 0 Å². The highest BCUT2D eigenvalue weighted by atomic mass is 35.5. The third-order valence-electron chi connectivity index (χ3n) is 3.86. The van der Waals surface area contributed by atoms with Crippen LogP contribution in [0.1, 0.15) is 12.8 Å². The van der Waals surface area contributed by atoms with Gasteiger partial charge in [-0.1, -0.05) is 35.9 Å². The molecule has 0 saturated carbocycles. The average molecular weight is 347 g/mol. The lowest BCUT2D eigenvalue weighted by Crippen LogP contribution is -2.29. The first-order chi connectivity index (χ1) is 11.7. The molecule has 0 bridgehead atoms. The number of halogens is 1. The van der Waals surface area contributed by atoms with Gasteiger partial charge in [-0.05, 0) is 37.1 Å². The highest BCUT2D eigenvalue weighted by Gasteiger charge is 2.30. The van der Waals surface area contributed by atoms with Crippen LogP contribution in [-0.2, 0) is 9.53 Å². The molecular formula is C18H19ClN2O3. The molecule has 1 heterocycles. The van der Waals surface area contributed by atoms with Crippen molar-refractivity contribution < 1.29 is 14.3 Å². The van der Waals surface area contributed by atoms with Crippen molar-refractivity contribution in [1.82, 2.24) is 0 Å². The fourth-order valence-electron chi connectivity index (χ4n) is 2.59. The van der Waals surface area contributed by atoms with Gasteiger partial charge in [0, 0.05) is 6.54 Å². The Kier molecular flexibility index (Phi) is 5.35. The van der Waals surface area contributed by atoms with Crippen molar-refractivity contribution in [3.63, 3.8) is 0 Å². The van der Waals surface area contributed by atoms with Gasteiger partial charge in [-0.25, -0.2) is 0 Å². The van der Waals surface area contributed by atoms with Crippen LogP contribution in [0.15, 0.2) is 48.5 Å². The zero-order valence-electron chi connectivity index (χ0n) is 13.1. The molecule has 24 heavy (non-hydrogen) atoms. The number of ether oxygens (including phenoxy) is 2. The summed E-state index contributed by atoms with van der Waals surface area (Å²) < 4.78 is 11.5. The van der Waals surface area contributed by atoms with Gasteiger partial charge < -0.3 is 20.5 Å². The van der Waals surface area contributed by atoms with E-state index in [1.807, 2.05) is 24.3 Å². The number of nitrogens with two attached hydrogens (primary N) is 1. The van der Waals surface area contributed by atoms with Crippen LogP contribution in [0.25, 0.3) is 0 Å². The summed E-state index contributed by atoms with van der Waals surface area (Å²) in [7, 11) is 0. The topological polar surface area (TPSA) is 73.6 Å². The van der Waals surface area contributed by atoms with E-state index in [0.29, 0.717) is 35.2 Å². The first-order valence-corrected chi connectivity index (χ1v) is 8.23. The summed E-state index contributed by atoms with van der Waals surface area (Å²) in [6, 6.07) is 14.4. The first kappa shape index (κ1) is 16.8. The lowest BCUT2D eigenvalue weighted by Gasteiger charge is -2.16. The molecule has 1 fully saturated rings. The Hall–Kier alpha value is -2.08. The molecule has 1 aliphatic rings. The van der Waals surface area contributed by atoms with Gasteiger partial charge in [-0.2, -0.15) is 0 Å². The Morgan fingerprint density at radius 2 is 1.88 bits per heavy atom. The second kappa shape index (κ2) is 7.66. The molecule has 6 heteroatoms. The Balaban J connectivity index is 1.73. The van der Waals surface area contributed by atoms with E-state index in [-0.39, 0.29) is 12.0 Å². The van der Waals surface area contributed by atoms with Crippen molar-refractivity contribution in [3.05, 3.63) is 53.6 Å². The molecule has 2 aromatic carbocycles. The lowest BCUT2D eigenvalue weighted by atomic mass is 10.2. The first-order valence-electron chi connectivity index (χ1n) is 7.85. The molecule has 126 valence electrons. The van der Waals surface area contributed by atoms with Crippen molar-refractivity contribution >= 4 is 23.2 Å². The monoisotopic (exact) mass is 346 g/mol. The minimum Gasteiger partial charge on any atom is -0.454 e. The highest BCUT2D eigenvalue weighted by Crippen LogP contribution is 2.33. The Morgan fingerprint density at radius 1 is 1.17 bits per heavy atom. The maximum absolute atomic E-state index is 12.4. The van der Waals surface area contributed by atoms with E-state index < -0.39 is 6.10 Å². The van der Waals surface area contributed by atoms with Crippen LogP contribution in [-0.4, -0.2) is 24.7 Å². The zero-order chi connectivity index (χ0) is 16.9. The molecule has 2 atom stereocenters. The molecule has 0 aromatic heterocycles. The second-order valence-electron chi connectivity index (χ2n) is 5.58. The van der Waals surface area contributed by atoms with Gasteiger partial charge in [0.25, 0.3) is 5.91 Å². The molecule has 3 N–H and O–H groups in total. The smallest absolute Gasteiger partial charge is 0.253 e. The van der Waals surface area contributed by atoms with E-state index in [2.05, 4.69) is 5.32 Å². The third-order valence-corrected chi connectivity index (χ3v) is 4.18. The van der Waals surface area contributed by atoms with Gasteiger partial charge in [0.15, 0.2) is 5.75 Å². The summed E-state index contributed by atoms with van der Waals surface area (Å²) in [5, 5.41) is 3.37. The van der Waals surface area contributed by atoms with Gasteiger partial charge in [-0.15, -0.1) is 0 Å². The van der Waals surface area contributed by atoms with E-state index in [1.54, 1.807) is 24.3 Å². The maximum atomic E-state index is 12.4. The summed E-state index contributed by atoms with van der Waals surface area (Å²) in [6.07, 6.45) is 0.940. The Bertz CT molecular complexity index is 723. The maximum Gasteiger partial charge on any atom is 0.253 e. The summed E-state index contributed by atoms with van der Waals surface area (Å²) in [6.45, 7) is 0.427. The van der Waals surface area contributed by atoms with Crippen molar-refractivity contribution in [2.45, 2.75) is 25.0 Å². The minimum absolute atomic E-state index is 0.0460. The van der Waals surface area contributed by atoms with Gasteiger partial charge in [0.2, 0.25) is 0 Å². The molecule has 0 aliphatic carbocycles. The van der Waals surface area contributed by atoms with E-state index in [0.717, 1.165) is 6.42 Å². The average Bonchev–Trinajstić information content (AvgIpc) is 3.08. The molecule has 3 rings (SSSR count). The Morgan fingerprint density at radius 3 is 2.58 bits per heavy atom. The SMILES string of the molecule is NC[C@H]1CC[C@@H](C(=O)Nc2ccccc2Oc2ccccc2Cl)O1. The summed E-state index contributed by atoms with van der Waals surface area (Å²) in [5.41, 5.74) is 6.16. The lowest BCUT2D eigenvalue weighted by molar-refractivity contribution is -0.126. The molecule has 2 aromatic rings. The van der Waals surface area contributed by atoms with Crippen LogP contribution < -0.4 is 15.8 Å². The number of anilines is 1. The number of hydrogen-bond donors (Lipinski definition) is 2. The molecule has 1 saturated heterocycles. The normalized spacial score (nSPS) is 19.9. The summed E-state index contributed by atoms with van der Waals surface area (Å²) >= 11 is 6.12. The van der Waals surface area contributed by atoms with Crippen LogP contribution in [0.4, 0.5) is 5.69 Å². The van der Waals surface area contributed by atoms with Gasteiger partial charge >= 0.3 is 0 Å². The molecular weight excluding hydrogens is 328 g/mol. The number of hydrogen-bond acceptors (Lipinski definition) is 4. The van der Waals surface area contributed by atoms with E-state index in [4.69, 9.17) is 26.8 Å². The number of benzene rings is 2. The van der Waals surface area contributed by atoms with Crippen molar-refractivity contribution in [2.75, 3.05) is 11.9 Å². The zero-order valence-corrected chi connectivity index (χ0v) is 13.8. The minimum atomic E-state index is -0.480. The fraction of sp³-hybridized carbons (Fsp3) is 0.278. The molecule has 5 nitrogen and oxygen atoms in total. The van der Waals surface area contributed by atoms with Crippen molar-refractivity contribution in [3.8, 4) is 11.5 Å². The predicted octanol–water partition coefficient (Wildman–Crippen LogP) is 3.58. The van der Waals surface area contributed by atoms with Crippen LogP contribution in [0.5, 0.6) is 11.5 Å². The van der Waals surface area contributed by atoms with Crippen molar-refractivity contribution in [2.24, 2.45) is 5.73 Å². The predicted molar refractivity (Wildman–Crippen MR) is 93.5 cm³/mol. The van der Waals surface area contributed by atoms with Crippen molar-refractivity contribution in [1.29, 1.82) is 0 Å². The second-order valence-corrected chi connectivity index (χ2v) is 5.98. The fourth-order valence-corrected chi connectivity index (χ4v) is 2.76. The largest absolute Gasteiger partial charge is 0.454 e. The van der Waals surface area contributed by atoms with Gasteiger partial charge in [0.05, 0.1) is 16.8 Å². The molecule has 1 amide bonds. The van der Waals surface area contributed by atoms with Gasteiger partial charge in [-0.3, -0.25) is 4.79 Å². The number of amides is 1. The van der Waals surface area contributed by atoms with Crippen LogP contribution in [0.2, 0.25) is 5.02 Å². The molecule has 1 aliphatic heterocycles. The van der Waals surface area contributed by atoms with Crippen LogP contribution >= 0.6 is 11.6 Å². The molecule has 0 radical (unpaired) electrons. The van der Waals surface area contributed by atoms with E-state index in [1.165, 1.54) is 0 Å². The molecule has 0 spiro atoms. The number of nitrogens with one attached hydrogen (secondary N) is 1. The number of rotatable bonds is 5.